The van der Waals surface area contributed by atoms with E-state index in [4.69, 9.17) is 15.6 Å². The minimum absolute atomic E-state index is 0.199. The molecule has 176 valence electrons. The lowest BCUT2D eigenvalue weighted by Gasteiger charge is -2.34. The summed E-state index contributed by atoms with van der Waals surface area (Å²) in [5.41, 5.74) is 9.99. The van der Waals surface area contributed by atoms with E-state index < -0.39 is 0 Å². The fourth-order valence-corrected chi connectivity index (χ4v) is 4.56. The van der Waals surface area contributed by atoms with E-state index in [9.17, 15) is 10.1 Å². The van der Waals surface area contributed by atoms with Crippen LogP contribution in [0.1, 0.15) is 67.1 Å². The van der Waals surface area contributed by atoms with Gasteiger partial charge in [0.25, 0.3) is 5.91 Å². The molecule has 0 radical (unpaired) electrons. The summed E-state index contributed by atoms with van der Waals surface area (Å²) < 4.78 is 7.12. The summed E-state index contributed by atoms with van der Waals surface area (Å²) in [6.07, 6.45) is 4.25. The van der Waals surface area contributed by atoms with Crippen molar-refractivity contribution in [3.8, 4) is 23.1 Å². The number of methoxy groups -OCH3 is 1. The Kier molecular flexibility index (Phi) is 6.60. The minimum Gasteiger partial charge on any atom is -0.496 e. The Morgan fingerprint density at radius 3 is 2.53 bits per heavy atom. The van der Waals surface area contributed by atoms with Crippen molar-refractivity contribution in [3.05, 3.63) is 65.2 Å². The first kappa shape index (κ1) is 23.4. The fraction of sp³-hybridized carbons (Fsp3) is 0.370. The van der Waals surface area contributed by atoms with Gasteiger partial charge < -0.3 is 15.8 Å². The number of rotatable bonds is 6. The lowest BCUT2D eigenvalue weighted by Crippen LogP contribution is -2.24. The number of ether oxygens (including phenoxy) is 1. The Morgan fingerprint density at radius 2 is 1.88 bits per heavy atom. The molecular formula is C27H31N5O2. The zero-order valence-electron chi connectivity index (χ0n) is 20.0. The Labute approximate surface area is 200 Å². The van der Waals surface area contributed by atoms with Crippen LogP contribution >= 0.6 is 0 Å². The Morgan fingerprint density at radius 1 is 1.21 bits per heavy atom. The number of para-hydroxylation sites is 1. The van der Waals surface area contributed by atoms with Crippen LogP contribution in [-0.4, -0.2) is 22.8 Å². The van der Waals surface area contributed by atoms with Crippen molar-refractivity contribution in [3.63, 3.8) is 0 Å². The minimum atomic E-state index is -0.199. The Hall–Kier alpha value is -3.79. The number of nitrogens with two attached hydrogens (primary N) is 1. The normalized spacial score (nSPS) is 15.5. The number of amides is 1. The summed E-state index contributed by atoms with van der Waals surface area (Å²) in [6, 6.07) is 17.3. The lowest BCUT2D eigenvalue weighted by molar-refractivity contribution is 0.0948. The Bertz CT molecular complexity index is 1210. The predicted molar refractivity (Wildman–Crippen MR) is 132 cm³/mol. The Balaban J connectivity index is 1.48. The van der Waals surface area contributed by atoms with Gasteiger partial charge in [-0.2, -0.15) is 10.4 Å². The largest absolute Gasteiger partial charge is 0.496 e. The van der Waals surface area contributed by atoms with Gasteiger partial charge in [-0.15, -0.1) is 0 Å². The van der Waals surface area contributed by atoms with Gasteiger partial charge in [-0.05, 0) is 48.8 Å². The van der Waals surface area contributed by atoms with Crippen molar-refractivity contribution in [1.82, 2.24) is 15.1 Å². The molecule has 0 spiro atoms. The third-order valence-electron chi connectivity index (χ3n) is 6.75. The average Bonchev–Trinajstić information content (AvgIpc) is 3.18. The van der Waals surface area contributed by atoms with E-state index in [1.54, 1.807) is 25.3 Å². The highest BCUT2D eigenvalue weighted by Crippen LogP contribution is 2.41. The maximum Gasteiger partial charge on any atom is 0.255 e. The number of carbonyl (C=O) groups excluding carboxylic acids is 1. The molecule has 4 rings (SSSR count). The SMILES string of the molecule is COc1ccccc1C(=O)NCc1ccc(-c2nn(C3CCC(C)(C)CC3)c(N)c2C#N)cc1. The van der Waals surface area contributed by atoms with Crippen molar-refractivity contribution in [2.45, 2.75) is 52.1 Å². The van der Waals surface area contributed by atoms with Crippen LogP contribution in [0.3, 0.4) is 0 Å². The van der Waals surface area contributed by atoms with Gasteiger partial charge in [0, 0.05) is 12.1 Å². The van der Waals surface area contributed by atoms with Crippen LogP contribution in [0.15, 0.2) is 48.5 Å². The number of hydrogen-bond donors (Lipinski definition) is 2. The highest BCUT2D eigenvalue weighted by molar-refractivity contribution is 5.96. The summed E-state index contributed by atoms with van der Waals surface area (Å²) in [6.45, 7) is 4.96. The van der Waals surface area contributed by atoms with E-state index in [2.05, 4.69) is 25.2 Å². The zero-order valence-corrected chi connectivity index (χ0v) is 20.0. The van der Waals surface area contributed by atoms with Gasteiger partial charge in [0.05, 0.1) is 18.7 Å². The standard InChI is InChI=1S/C27H31N5O2/c1-27(2)14-12-20(13-15-27)32-25(29)22(16-28)24(31-32)19-10-8-18(9-11-19)17-30-26(33)21-6-4-5-7-23(21)34-3/h4-11,20H,12-15,17,29H2,1-3H3,(H,30,33). The molecule has 34 heavy (non-hydrogen) atoms. The van der Waals surface area contributed by atoms with Gasteiger partial charge in [-0.25, -0.2) is 4.68 Å². The molecule has 7 heteroatoms. The zero-order chi connectivity index (χ0) is 24.3. The maximum atomic E-state index is 12.5. The first-order valence-electron chi connectivity index (χ1n) is 11.6. The molecule has 1 aliphatic rings. The molecule has 0 saturated heterocycles. The first-order chi connectivity index (χ1) is 16.3. The molecule has 1 amide bonds. The van der Waals surface area contributed by atoms with Gasteiger partial charge in [-0.1, -0.05) is 50.2 Å². The van der Waals surface area contributed by atoms with Crippen LogP contribution in [0.4, 0.5) is 5.82 Å². The molecule has 0 bridgehead atoms. The van der Waals surface area contributed by atoms with Gasteiger partial charge >= 0.3 is 0 Å². The lowest BCUT2D eigenvalue weighted by atomic mass is 9.75. The van der Waals surface area contributed by atoms with Crippen LogP contribution in [0, 0.1) is 16.7 Å². The summed E-state index contributed by atoms with van der Waals surface area (Å²) >= 11 is 0. The molecule has 7 nitrogen and oxygen atoms in total. The van der Waals surface area contributed by atoms with Crippen molar-refractivity contribution in [2.24, 2.45) is 5.41 Å². The van der Waals surface area contributed by atoms with E-state index in [1.165, 1.54) is 0 Å². The molecule has 1 heterocycles. The number of nitrogen functional groups attached to an aromatic ring is 1. The van der Waals surface area contributed by atoms with E-state index in [0.717, 1.165) is 36.8 Å². The maximum absolute atomic E-state index is 12.5. The first-order valence-corrected chi connectivity index (χ1v) is 11.6. The topological polar surface area (TPSA) is 106 Å². The van der Waals surface area contributed by atoms with Crippen molar-refractivity contribution < 1.29 is 9.53 Å². The second-order valence-corrected chi connectivity index (χ2v) is 9.64. The van der Waals surface area contributed by atoms with Crippen LogP contribution in [0.25, 0.3) is 11.3 Å². The van der Waals surface area contributed by atoms with Crippen molar-refractivity contribution in [1.29, 1.82) is 5.26 Å². The number of nitriles is 1. The van der Waals surface area contributed by atoms with Crippen LogP contribution < -0.4 is 15.8 Å². The fourth-order valence-electron chi connectivity index (χ4n) is 4.56. The van der Waals surface area contributed by atoms with E-state index in [1.807, 2.05) is 35.0 Å². The summed E-state index contributed by atoms with van der Waals surface area (Å²) in [5, 5.41) is 17.5. The molecule has 1 aliphatic carbocycles. The van der Waals surface area contributed by atoms with Crippen LogP contribution in [0.5, 0.6) is 5.75 Å². The van der Waals surface area contributed by atoms with Gasteiger partial charge in [0.15, 0.2) is 0 Å². The summed E-state index contributed by atoms with van der Waals surface area (Å²) in [5.74, 6) is 0.778. The van der Waals surface area contributed by atoms with Gasteiger partial charge in [0.2, 0.25) is 0 Å². The van der Waals surface area contributed by atoms with E-state index in [0.29, 0.717) is 40.3 Å². The van der Waals surface area contributed by atoms with Crippen molar-refractivity contribution >= 4 is 11.7 Å². The van der Waals surface area contributed by atoms with Crippen LogP contribution in [-0.2, 0) is 6.54 Å². The quantitative estimate of drug-likeness (QED) is 0.537. The van der Waals surface area contributed by atoms with Gasteiger partial charge in [-0.3, -0.25) is 4.79 Å². The molecule has 1 saturated carbocycles. The molecule has 3 N–H and O–H groups in total. The molecule has 1 fully saturated rings. The summed E-state index contributed by atoms with van der Waals surface area (Å²) in [7, 11) is 1.55. The molecule has 3 aromatic rings. The number of carbonyl (C=O) groups is 1. The number of benzene rings is 2. The molecule has 0 unspecified atom stereocenters. The summed E-state index contributed by atoms with van der Waals surface area (Å²) in [4.78, 5) is 12.5. The van der Waals surface area contributed by atoms with Crippen LogP contribution in [0.2, 0.25) is 0 Å². The molecular weight excluding hydrogens is 426 g/mol. The number of aromatic nitrogens is 2. The van der Waals surface area contributed by atoms with E-state index >= 15 is 0 Å². The van der Waals surface area contributed by atoms with Crippen molar-refractivity contribution in [2.75, 3.05) is 12.8 Å². The second kappa shape index (κ2) is 9.60. The molecule has 0 aliphatic heterocycles. The second-order valence-electron chi connectivity index (χ2n) is 9.64. The third kappa shape index (κ3) is 4.76. The monoisotopic (exact) mass is 457 g/mol. The van der Waals surface area contributed by atoms with E-state index in [-0.39, 0.29) is 11.9 Å². The number of nitrogens with one attached hydrogen (secondary N) is 1. The predicted octanol–water partition coefficient (Wildman–Crippen LogP) is 5.08. The molecule has 2 aromatic carbocycles. The third-order valence-corrected chi connectivity index (χ3v) is 6.75. The molecule has 1 aromatic heterocycles. The smallest absolute Gasteiger partial charge is 0.255 e. The highest BCUT2D eigenvalue weighted by Gasteiger charge is 2.30. The van der Waals surface area contributed by atoms with Gasteiger partial charge in [0.1, 0.15) is 28.9 Å². The number of hydrogen-bond acceptors (Lipinski definition) is 5. The number of anilines is 1. The number of nitrogens with zero attached hydrogens (tertiary/aromatic N) is 3. The highest BCUT2D eigenvalue weighted by atomic mass is 16.5. The average molecular weight is 458 g/mol. The molecule has 0 atom stereocenters.